The van der Waals surface area contributed by atoms with E-state index in [1.54, 1.807) is 18.6 Å². The molecule has 0 saturated carbocycles. The van der Waals surface area contributed by atoms with Crippen molar-refractivity contribution >= 4 is 22.8 Å². The van der Waals surface area contributed by atoms with Crippen molar-refractivity contribution in [3.05, 3.63) is 36.5 Å². The molecule has 0 unspecified atom stereocenters. The molecule has 3 aromatic rings. The molecule has 2 aliphatic rings. The number of nitrogens with one attached hydrogen (secondary N) is 3. The second kappa shape index (κ2) is 10.9. The summed E-state index contributed by atoms with van der Waals surface area (Å²) in [4.78, 5) is 31.0. The second-order valence-corrected chi connectivity index (χ2v) is 8.87. The zero-order chi connectivity index (χ0) is 24.0. The normalized spacial score (nSPS) is 20.5. The van der Waals surface area contributed by atoms with Crippen molar-refractivity contribution < 1.29 is 14.3 Å². The topological polar surface area (TPSA) is 123 Å². The monoisotopic (exact) mass is 477 g/mol. The van der Waals surface area contributed by atoms with E-state index in [2.05, 4.69) is 37.8 Å². The zero-order valence-electron chi connectivity index (χ0n) is 19.9. The van der Waals surface area contributed by atoms with E-state index in [9.17, 15) is 4.79 Å². The second-order valence-electron chi connectivity index (χ2n) is 8.87. The van der Waals surface area contributed by atoms with Gasteiger partial charge < -0.3 is 25.4 Å². The van der Waals surface area contributed by atoms with Gasteiger partial charge in [0.25, 0.3) is 0 Å². The number of nitrogens with zero attached hydrogens (tertiary/aromatic N) is 4. The Labute approximate surface area is 204 Å². The Balaban J connectivity index is 1.48. The molecule has 0 aliphatic carbocycles. The molecule has 0 spiro atoms. The van der Waals surface area contributed by atoms with Crippen LogP contribution in [0.15, 0.2) is 30.7 Å². The van der Waals surface area contributed by atoms with Crippen molar-refractivity contribution in [2.45, 2.75) is 51.3 Å². The molecule has 1 aromatic carbocycles. The first-order valence-electron chi connectivity index (χ1n) is 12.3. The lowest BCUT2D eigenvalue weighted by molar-refractivity contribution is -0.123. The Morgan fingerprint density at radius 3 is 2.89 bits per heavy atom. The lowest BCUT2D eigenvalue weighted by Crippen LogP contribution is -2.51. The molecule has 2 aromatic heterocycles. The lowest BCUT2D eigenvalue weighted by atomic mass is 9.98. The molecule has 1 saturated heterocycles. The van der Waals surface area contributed by atoms with Gasteiger partial charge in [0.15, 0.2) is 11.6 Å². The molecule has 1 amide bonds. The number of aromatic nitrogens is 4. The highest BCUT2D eigenvalue weighted by Gasteiger charge is 2.27. The van der Waals surface area contributed by atoms with E-state index >= 15 is 0 Å². The van der Waals surface area contributed by atoms with Gasteiger partial charge in [0.2, 0.25) is 5.91 Å². The third-order valence-corrected chi connectivity index (χ3v) is 6.20. The van der Waals surface area contributed by atoms with Crippen molar-refractivity contribution in [2.75, 3.05) is 31.6 Å². The maximum Gasteiger partial charge on any atom is 0.237 e. The van der Waals surface area contributed by atoms with Gasteiger partial charge >= 0.3 is 0 Å². The summed E-state index contributed by atoms with van der Waals surface area (Å²) in [6.45, 7) is 4.88. The first kappa shape index (κ1) is 23.4. The van der Waals surface area contributed by atoms with E-state index in [4.69, 9.17) is 14.5 Å². The van der Waals surface area contributed by atoms with Gasteiger partial charge in [-0.15, -0.1) is 0 Å². The minimum Gasteiger partial charge on any atom is -0.491 e. The summed E-state index contributed by atoms with van der Waals surface area (Å²) in [5.41, 5.74) is 3.12. The lowest BCUT2D eigenvalue weighted by Gasteiger charge is -2.30. The number of benzene rings is 1. The summed E-state index contributed by atoms with van der Waals surface area (Å²) in [7, 11) is 0. The van der Waals surface area contributed by atoms with Gasteiger partial charge in [-0.2, -0.15) is 0 Å². The molecule has 35 heavy (non-hydrogen) atoms. The van der Waals surface area contributed by atoms with Gasteiger partial charge in [0.05, 0.1) is 24.4 Å². The Morgan fingerprint density at radius 2 is 2.03 bits per heavy atom. The summed E-state index contributed by atoms with van der Waals surface area (Å²) >= 11 is 0. The van der Waals surface area contributed by atoms with Crippen molar-refractivity contribution in [3.63, 3.8) is 0 Å². The molecule has 3 N–H and O–H groups in total. The summed E-state index contributed by atoms with van der Waals surface area (Å²) < 4.78 is 11.8. The van der Waals surface area contributed by atoms with E-state index in [1.165, 1.54) is 0 Å². The van der Waals surface area contributed by atoms with Gasteiger partial charge in [0, 0.05) is 42.7 Å². The van der Waals surface area contributed by atoms with Gasteiger partial charge in [-0.1, -0.05) is 6.92 Å². The number of piperidine rings is 1. The maximum absolute atomic E-state index is 12.6. The van der Waals surface area contributed by atoms with Crippen molar-refractivity contribution in [3.8, 4) is 16.9 Å². The fourth-order valence-electron chi connectivity index (χ4n) is 4.41. The highest BCUT2D eigenvalue weighted by Crippen LogP contribution is 2.36. The molecule has 184 valence electrons. The molecule has 10 heteroatoms. The summed E-state index contributed by atoms with van der Waals surface area (Å²) in [6, 6.07) is 3.82. The number of fused-ring (bicyclic) bond motifs is 3. The van der Waals surface area contributed by atoms with E-state index in [1.807, 2.05) is 12.1 Å². The van der Waals surface area contributed by atoms with Crippen LogP contribution in [-0.4, -0.2) is 64.2 Å². The fraction of sp³-hybridized carbons (Fsp3) is 0.480. The highest BCUT2D eigenvalue weighted by atomic mass is 16.5. The molecule has 1 fully saturated rings. The number of hydrogen-bond acceptors (Lipinski definition) is 9. The summed E-state index contributed by atoms with van der Waals surface area (Å²) in [5.74, 6) is 1.98. The van der Waals surface area contributed by atoms with E-state index in [0.29, 0.717) is 62.1 Å². The van der Waals surface area contributed by atoms with Crippen LogP contribution >= 0.6 is 0 Å². The van der Waals surface area contributed by atoms with Gasteiger partial charge in [0.1, 0.15) is 17.9 Å². The minimum absolute atomic E-state index is 0.0244. The number of anilines is 1. The number of rotatable bonds is 5. The number of carbonyl (C=O) groups excluding carboxylic acids is 1. The van der Waals surface area contributed by atoms with Crippen molar-refractivity contribution in [2.24, 2.45) is 0 Å². The van der Waals surface area contributed by atoms with Crippen LogP contribution in [0.5, 0.6) is 5.75 Å². The number of ether oxygens (including phenoxy) is 2. The smallest absolute Gasteiger partial charge is 0.237 e. The van der Waals surface area contributed by atoms with Crippen LogP contribution in [0.1, 0.15) is 38.4 Å². The molecule has 0 radical (unpaired) electrons. The SMILES string of the molecule is CCCOCc1ncc(-c2ccc3ncc4nc3c2OCCCNC(=O)[C@@H]2C[C@H](CCN2)N4)cn1. The number of hydrogen-bond donors (Lipinski definition) is 3. The highest BCUT2D eigenvalue weighted by molar-refractivity contribution is 5.90. The van der Waals surface area contributed by atoms with Crippen LogP contribution in [-0.2, 0) is 16.1 Å². The Hall–Kier alpha value is -3.37. The summed E-state index contributed by atoms with van der Waals surface area (Å²) in [5, 5.41) is 9.81. The third-order valence-electron chi connectivity index (χ3n) is 6.20. The van der Waals surface area contributed by atoms with Crippen LogP contribution in [0.25, 0.3) is 22.2 Å². The molecule has 10 nitrogen and oxygen atoms in total. The van der Waals surface area contributed by atoms with Crippen LogP contribution < -0.4 is 20.7 Å². The predicted molar refractivity (Wildman–Crippen MR) is 132 cm³/mol. The average Bonchev–Trinajstić information content (AvgIpc) is 2.89. The molecular formula is C25H31N7O3. The standard InChI is InChI=1S/C25H31N7O3/c1-2-9-34-15-22-29-12-16(13-30-22)18-4-5-19-23-24(18)35-10-3-7-27-25(33)20-11-17(6-8-26-20)31-21(32-23)14-28-19/h4-5,12-14,17,20,26H,2-3,6-11,15H2,1H3,(H,27,33)(H,31,32)/t17-,20-/m0/s1. The Bertz CT molecular complexity index is 1170. The fourth-order valence-corrected chi connectivity index (χ4v) is 4.41. The minimum atomic E-state index is -0.212. The van der Waals surface area contributed by atoms with Crippen LogP contribution in [0.2, 0.25) is 0 Å². The molecule has 5 rings (SSSR count). The number of carbonyl (C=O) groups is 1. The molecule has 4 heterocycles. The van der Waals surface area contributed by atoms with Crippen molar-refractivity contribution in [1.82, 2.24) is 30.6 Å². The first-order chi connectivity index (χ1) is 17.2. The Kier molecular flexibility index (Phi) is 7.29. The first-order valence-corrected chi connectivity index (χ1v) is 12.3. The zero-order valence-corrected chi connectivity index (χ0v) is 19.9. The molecule has 2 aliphatic heterocycles. The molecule has 2 atom stereocenters. The van der Waals surface area contributed by atoms with E-state index in [-0.39, 0.29) is 18.0 Å². The maximum atomic E-state index is 12.6. The summed E-state index contributed by atoms with van der Waals surface area (Å²) in [6.07, 6.45) is 8.54. The van der Waals surface area contributed by atoms with Gasteiger partial charge in [-0.25, -0.2) is 15.0 Å². The van der Waals surface area contributed by atoms with Gasteiger partial charge in [-0.3, -0.25) is 9.78 Å². The van der Waals surface area contributed by atoms with Crippen LogP contribution in [0, 0.1) is 0 Å². The predicted octanol–water partition coefficient (Wildman–Crippen LogP) is 2.44. The number of amides is 1. The third kappa shape index (κ3) is 5.49. The quantitative estimate of drug-likeness (QED) is 0.476. The average molecular weight is 478 g/mol. The molecule has 4 bridgehead atoms. The van der Waals surface area contributed by atoms with E-state index in [0.717, 1.165) is 36.0 Å². The largest absolute Gasteiger partial charge is 0.491 e. The van der Waals surface area contributed by atoms with Crippen LogP contribution in [0.4, 0.5) is 5.82 Å². The Morgan fingerprint density at radius 1 is 1.14 bits per heavy atom. The van der Waals surface area contributed by atoms with Crippen molar-refractivity contribution in [1.29, 1.82) is 0 Å². The van der Waals surface area contributed by atoms with Crippen LogP contribution in [0.3, 0.4) is 0 Å². The molecular weight excluding hydrogens is 446 g/mol. The van der Waals surface area contributed by atoms with Gasteiger partial charge in [-0.05, 0) is 44.4 Å². The van der Waals surface area contributed by atoms with E-state index < -0.39 is 0 Å².